The van der Waals surface area contributed by atoms with Crippen molar-refractivity contribution in [3.8, 4) is 0 Å². The molecule has 0 bridgehead atoms. The maximum Gasteiger partial charge on any atom is 0.114 e. The molecular formula is C26H48N+. The number of hydrogen-bond acceptors (Lipinski definition) is 0. The minimum Gasteiger partial charge on any atom is -0.323 e. The minimum absolute atomic E-state index is 0.643. The van der Waals surface area contributed by atoms with Crippen molar-refractivity contribution in [3.63, 3.8) is 0 Å². The van der Waals surface area contributed by atoms with Crippen LogP contribution in [0, 0.1) is 0 Å². The predicted molar refractivity (Wildman–Crippen MR) is 122 cm³/mol. The van der Waals surface area contributed by atoms with Crippen molar-refractivity contribution < 1.29 is 4.48 Å². The molecule has 0 aliphatic rings. The zero-order chi connectivity index (χ0) is 19.8. The lowest BCUT2D eigenvalue weighted by molar-refractivity contribution is -0.920. The molecule has 0 aliphatic carbocycles. The average molecular weight is 375 g/mol. The van der Waals surface area contributed by atoms with Gasteiger partial charge in [0.2, 0.25) is 0 Å². The van der Waals surface area contributed by atoms with Gasteiger partial charge in [-0.3, -0.25) is 0 Å². The highest BCUT2D eigenvalue weighted by atomic mass is 15.3. The fourth-order valence-corrected chi connectivity index (χ4v) is 4.17. The first-order valence-corrected chi connectivity index (χ1v) is 12.0. The van der Waals surface area contributed by atoms with E-state index in [1.807, 2.05) is 0 Å². The highest BCUT2D eigenvalue weighted by Crippen LogP contribution is 2.30. The first-order chi connectivity index (χ1) is 13.1. The summed E-state index contributed by atoms with van der Waals surface area (Å²) in [7, 11) is 4.78. The van der Waals surface area contributed by atoms with Crippen LogP contribution in [0.1, 0.15) is 115 Å². The van der Waals surface area contributed by atoms with Gasteiger partial charge in [-0.1, -0.05) is 114 Å². The molecule has 27 heavy (non-hydrogen) atoms. The zero-order valence-electron chi connectivity index (χ0n) is 19.0. The van der Waals surface area contributed by atoms with Crippen molar-refractivity contribution in [2.45, 2.75) is 110 Å². The van der Waals surface area contributed by atoms with Crippen molar-refractivity contribution in [1.29, 1.82) is 0 Å². The fraction of sp³-hybridized carbons (Fsp3) is 0.769. The molecule has 0 spiro atoms. The van der Waals surface area contributed by atoms with Crippen molar-refractivity contribution in [3.05, 3.63) is 35.9 Å². The fourth-order valence-electron chi connectivity index (χ4n) is 4.17. The van der Waals surface area contributed by atoms with E-state index in [9.17, 15) is 0 Å². The largest absolute Gasteiger partial charge is 0.323 e. The molecule has 1 heteroatoms. The summed E-state index contributed by atoms with van der Waals surface area (Å²) in [5, 5.41) is 0. The lowest BCUT2D eigenvalue weighted by Gasteiger charge is -2.37. The summed E-state index contributed by atoms with van der Waals surface area (Å²) in [6, 6.07) is 11.8. The minimum atomic E-state index is 0.643. The summed E-state index contributed by atoms with van der Waals surface area (Å²) in [6.45, 7) is 5.81. The van der Waals surface area contributed by atoms with Gasteiger partial charge in [0.25, 0.3) is 0 Å². The Morgan fingerprint density at radius 1 is 0.630 bits per heavy atom. The second-order valence-corrected chi connectivity index (χ2v) is 9.05. The van der Waals surface area contributed by atoms with Crippen molar-refractivity contribution in [2.24, 2.45) is 0 Å². The van der Waals surface area contributed by atoms with Gasteiger partial charge in [-0.05, 0) is 13.3 Å². The Labute approximate surface area is 171 Å². The molecule has 1 unspecified atom stereocenters. The van der Waals surface area contributed by atoms with E-state index in [1.54, 1.807) is 0 Å². The number of quaternary nitrogens is 1. The van der Waals surface area contributed by atoms with Crippen molar-refractivity contribution in [1.82, 2.24) is 0 Å². The second-order valence-electron chi connectivity index (χ2n) is 9.05. The Kier molecular flexibility index (Phi) is 13.6. The van der Waals surface area contributed by atoms with Crippen LogP contribution < -0.4 is 0 Å². The monoisotopic (exact) mass is 374 g/mol. The standard InChI is InChI=1S/C26H48N/c1-5-7-8-9-10-11-12-13-14-15-16-17-21-24-26(27(3,4)6-2)25-22-19-18-20-23-25/h18-20,22-23,26H,5-17,21,24H2,1-4H3/q+1. The maximum absolute atomic E-state index is 2.39. The molecular weight excluding hydrogens is 326 g/mol. The van der Waals surface area contributed by atoms with E-state index < -0.39 is 0 Å². The van der Waals surface area contributed by atoms with Crippen molar-refractivity contribution >= 4 is 0 Å². The summed E-state index contributed by atoms with van der Waals surface area (Å²) in [5.41, 5.74) is 1.52. The zero-order valence-corrected chi connectivity index (χ0v) is 19.0. The van der Waals surface area contributed by atoms with Crippen molar-refractivity contribution in [2.75, 3.05) is 20.6 Å². The molecule has 0 fully saturated rings. The third kappa shape index (κ3) is 10.9. The van der Waals surface area contributed by atoms with Crippen LogP contribution in [0.5, 0.6) is 0 Å². The number of unbranched alkanes of at least 4 members (excludes halogenated alkanes) is 12. The van der Waals surface area contributed by atoms with Gasteiger partial charge in [-0.15, -0.1) is 0 Å². The van der Waals surface area contributed by atoms with Crippen LogP contribution in [0.4, 0.5) is 0 Å². The number of benzene rings is 1. The van der Waals surface area contributed by atoms with Gasteiger partial charge in [0.05, 0.1) is 20.6 Å². The summed E-state index contributed by atoms with van der Waals surface area (Å²) in [5.74, 6) is 0. The van der Waals surface area contributed by atoms with E-state index in [4.69, 9.17) is 0 Å². The van der Waals surface area contributed by atoms with Crippen LogP contribution in [-0.4, -0.2) is 25.1 Å². The molecule has 1 aromatic carbocycles. The van der Waals surface area contributed by atoms with E-state index in [0.29, 0.717) is 6.04 Å². The Hall–Kier alpha value is -0.820. The maximum atomic E-state index is 2.39. The molecule has 1 rings (SSSR count). The summed E-state index contributed by atoms with van der Waals surface area (Å²) >= 11 is 0. The molecule has 0 heterocycles. The molecule has 1 nitrogen and oxygen atoms in total. The van der Waals surface area contributed by atoms with Gasteiger partial charge >= 0.3 is 0 Å². The molecule has 1 aromatic rings. The molecule has 0 aliphatic heterocycles. The van der Waals surface area contributed by atoms with Crippen LogP contribution in [0.3, 0.4) is 0 Å². The highest BCUT2D eigenvalue weighted by molar-refractivity contribution is 5.17. The first kappa shape index (κ1) is 24.2. The lowest BCUT2D eigenvalue weighted by Crippen LogP contribution is -2.42. The van der Waals surface area contributed by atoms with Gasteiger partial charge < -0.3 is 4.48 Å². The van der Waals surface area contributed by atoms with E-state index in [2.05, 4.69) is 58.3 Å². The van der Waals surface area contributed by atoms with Gasteiger partial charge in [0.1, 0.15) is 6.04 Å². The number of rotatable bonds is 17. The molecule has 0 saturated carbocycles. The Balaban J connectivity index is 2.10. The normalized spacial score (nSPS) is 13.0. The smallest absolute Gasteiger partial charge is 0.114 e. The second kappa shape index (κ2) is 15.1. The highest BCUT2D eigenvalue weighted by Gasteiger charge is 2.27. The molecule has 1 atom stereocenters. The van der Waals surface area contributed by atoms with Crippen LogP contribution in [-0.2, 0) is 0 Å². The van der Waals surface area contributed by atoms with E-state index >= 15 is 0 Å². The van der Waals surface area contributed by atoms with Gasteiger partial charge in [0, 0.05) is 12.0 Å². The van der Waals surface area contributed by atoms with Gasteiger partial charge in [-0.2, -0.15) is 0 Å². The number of hydrogen-bond donors (Lipinski definition) is 0. The SMILES string of the molecule is CCCCCCCCCCCCCCCC(c1ccccc1)[N+](C)(C)CC. The van der Waals surface area contributed by atoms with Crippen LogP contribution in [0.15, 0.2) is 30.3 Å². The van der Waals surface area contributed by atoms with E-state index in [0.717, 1.165) is 4.48 Å². The van der Waals surface area contributed by atoms with Crippen LogP contribution in [0.25, 0.3) is 0 Å². The Morgan fingerprint density at radius 2 is 1.07 bits per heavy atom. The third-order valence-corrected chi connectivity index (χ3v) is 6.42. The van der Waals surface area contributed by atoms with Crippen LogP contribution >= 0.6 is 0 Å². The molecule has 0 radical (unpaired) electrons. The predicted octanol–water partition coefficient (Wildman–Crippen LogP) is 8.31. The Bertz CT molecular complexity index is 437. The van der Waals surface area contributed by atoms with E-state index in [-0.39, 0.29) is 0 Å². The topological polar surface area (TPSA) is 0 Å². The van der Waals surface area contributed by atoms with Crippen LogP contribution in [0.2, 0.25) is 0 Å². The van der Waals surface area contributed by atoms with E-state index in [1.165, 1.54) is 102 Å². The molecule has 0 N–H and O–H groups in total. The summed E-state index contributed by atoms with van der Waals surface area (Å²) in [6.07, 6.45) is 20.0. The summed E-state index contributed by atoms with van der Waals surface area (Å²) < 4.78 is 1.10. The number of nitrogens with zero attached hydrogens (tertiary/aromatic N) is 1. The van der Waals surface area contributed by atoms with Gasteiger partial charge in [-0.25, -0.2) is 0 Å². The lowest BCUT2D eigenvalue weighted by atomic mass is 9.96. The molecule has 0 aromatic heterocycles. The van der Waals surface area contributed by atoms with Gasteiger partial charge in [0.15, 0.2) is 0 Å². The average Bonchev–Trinajstić information content (AvgIpc) is 2.69. The Morgan fingerprint density at radius 3 is 1.52 bits per heavy atom. The molecule has 0 amide bonds. The molecule has 156 valence electrons. The molecule has 0 saturated heterocycles. The first-order valence-electron chi connectivity index (χ1n) is 12.0. The third-order valence-electron chi connectivity index (χ3n) is 6.42. The summed E-state index contributed by atoms with van der Waals surface area (Å²) in [4.78, 5) is 0. The quantitative estimate of drug-likeness (QED) is 0.190.